The van der Waals surface area contributed by atoms with Crippen LogP contribution < -0.4 is 19.8 Å². The highest BCUT2D eigenvalue weighted by Crippen LogP contribution is 2.35. The van der Waals surface area contributed by atoms with E-state index in [9.17, 15) is 18.3 Å². The number of nitrogens with zero attached hydrogens (tertiary/aromatic N) is 3. The van der Waals surface area contributed by atoms with Gasteiger partial charge in [-0.3, -0.25) is 4.79 Å². The van der Waals surface area contributed by atoms with Crippen molar-refractivity contribution < 1.29 is 23.0 Å². The van der Waals surface area contributed by atoms with E-state index in [4.69, 9.17) is 14.6 Å². The van der Waals surface area contributed by atoms with Crippen LogP contribution in [0.15, 0.2) is 52.2 Å². The second-order valence-corrected chi connectivity index (χ2v) is 11.6. The fourth-order valence-electron chi connectivity index (χ4n) is 5.14. The average molecular weight is 584 g/mol. The van der Waals surface area contributed by atoms with E-state index in [1.807, 2.05) is 6.92 Å². The van der Waals surface area contributed by atoms with Crippen LogP contribution in [0.5, 0.6) is 11.5 Å². The lowest BCUT2D eigenvalue weighted by Crippen LogP contribution is -2.28. The van der Waals surface area contributed by atoms with Crippen molar-refractivity contribution in [3.05, 3.63) is 69.9 Å². The monoisotopic (exact) mass is 583 g/mol. The molecule has 5 rings (SSSR count). The Balaban J connectivity index is 0.00000387. The van der Waals surface area contributed by atoms with Gasteiger partial charge in [0, 0.05) is 12.5 Å². The molecule has 1 fully saturated rings. The van der Waals surface area contributed by atoms with Gasteiger partial charge in [0.15, 0.2) is 11.3 Å². The highest BCUT2D eigenvalue weighted by atomic mass is 32.2. The molecule has 11 nitrogen and oxygen atoms in total. The normalized spacial score (nSPS) is 14.6. The van der Waals surface area contributed by atoms with E-state index in [1.165, 1.54) is 25.3 Å². The first kappa shape index (κ1) is 30.2. The quantitative estimate of drug-likeness (QED) is 0.253. The summed E-state index contributed by atoms with van der Waals surface area (Å²) in [6, 6.07) is 11.1. The number of aromatic amines is 1. The Morgan fingerprint density at radius 1 is 1.20 bits per heavy atom. The van der Waals surface area contributed by atoms with Crippen molar-refractivity contribution in [3.63, 3.8) is 0 Å². The van der Waals surface area contributed by atoms with Crippen LogP contribution in [0.4, 0.5) is 0 Å². The standard InChI is InChI=1S/C28H33N5O6S.CH4/c1-4-39-24-13-12-21(40(36,37)29-16-23(34)19-10-7-11-20(14-19)38-3)15-22(24)26-31-28(35)25-17(2)30-27(33(25)32-26)18-8-5-6-9-18;/h7,10-15,18,23,29,34H,4-6,8-9,16H2,1-3H3,(H,31,32,35);1H4. The van der Waals surface area contributed by atoms with Crippen molar-refractivity contribution in [2.45, 2.75) is 63.9 Å². The third kappa shape index (κ3) is 6.14. The number of aliphatic hydroxyl groups excluding tert-OH is 1. The molecule has 4 aromatic rings. The molecule has 1 atom stereocenters. The molecule has 41 heavy (non-hydrogen) atoms. The van der Waals surface area contributed by atoms with Crippen LogP contribution in [-0.2, 0) is 10.0 Å². The molecule has 0 amide bonds. The molecule has 0 spiro atoms. The number of ether oxygens (including phenoxy) is 2. The first-order valence-corrected chi connectivity index (χ1v) is 14.8. The fraction of sp³-hybridized carbons (Fsp3) is 0.414. The molecule has 0 aliphatic heterocycles. The second kappa shape index (κ2) is 12.4. The van der Waals surface area contributed by atoms with Gasteiger partial charge < -0.3 is 19.6 Å². The molecule has 12 heteroatoms. The van der Waals surface area contributed by atoms with E-state index in [2.05, 4.69) is 14.7 Å². The summed E-state index contributed by atoms with van der Waals surface area (Å²) in [6.45, 7) is 3.67. The summed E-state index contributed by atoms with van der Waals surface area (Å²) < 4.78 is 41.5. The van der Waals surface area contributed by atoms with Gasteiger partial charge in [-0.15, -0.1) is 5.10 Å². The number of aromatic nitrogens is 4. The van der Waals surface area contributed by atoms with E-state index in [1.54, 1.807) is 35.7 Å². The fourth-order valence-corrected chi connectivity index (χ4v) is 6.21. The lowest BCUT2D eigenvalue weighted by Gasteiger charge is -2.15. The van der Waals surface area contributed by atoms with Gasteiger partial charge in [-0.25, -0.2) is 22.6 Å². The van der Waals surface area contributed by atoms with Crippen LogP contribution in [0.3, 0.4) is 0 Å². The van der Waals surface area contributed by atoms with Gasteiger partial charge in [0.25, 0.3) is 5.56 Å². The third-order valence-corrected chi connectivity index (χ3v) is 8.60. The Kier molecular flexibility index (Phi) is 9.15. The van der Waals surface area contributed by atoms with Crippen molar-refractivity contribution >= 4 is 15.5 Å². The Bertz CT molecular complexity index is 1690. The zero-order valence-corrected chi connectivity index (χ0v) is 23.5. The number of imidazole rings is 1. The summed E-state index contributed by atoms with van der Waals surface area (Å²) in [5, 5.41) is 15.3. The third-order valence-electron chi connectivity index (χ3n) is 7.18. The number of nitrogens with one attached hydrogen (secondary N) is 2. The van der Waals surface area contributed by atoms with Crippen LogP contribution in [0.1, 0.15) is 69.1 Å². The van der Waals surface area contributed by atoms with Crippen LogP contribution in [0.25, 0.3) is 16.9 Å². The predicted octanol–water partition coefficient (Wildman–Crippen LogP) is 4.11. The number of aryl methyl sites for hydroxylation is 1. The van der Waals surface area contributed by atoms with E-state index in [-0.39, 0.29) is 36.2 Å². The molecule has 1 aliphatic rings. The summed E-state index contributed by atoms with van der Waals surface area (Å²) in [7, 11) is -2.53. The SMILES string of the molecule is C.CCOc1ccc(S(=O)(=O)NCC(O)c2cccc(OC)c2)cc1-c1nn2c(C3CCCC3)nc(C)c2c(=O)[nH]1. The maximum absolute atomic E-state index is 13.3. The van der Waals surface area contributed by atoms with E-state index < -0.39 is 16.1 Å². The van der Waals surface area contributed by atoms with E-state index in [0.29, 0.717) is 40.4 Å². The first-order chi connectivity index (χ1) is 19.2. The summed E-state index contributed by atoms with van der Waals surface area (Å²) in [5.41, 5.74) is 1.44. The van der Waals surface area contributed by atoms with Crippen LogP contribution in [0, 0.1) is 6.92 Å². The van der Waals surface area contributed by atoms with E-state index in [0.717, 1.165) is 31.5 Å². The molecule has 0 radical (unpaired) electrons. The van der Waals surface area contributed by atoms with Gasteiger partial charge in [0.1, 0.15) is 17.3 Å². The number of fused-ring (bicyclic) bond motifs is 1. The average Bonchev–Trinajstić information content (AvgIpc) is 3.60. The van der Waals surface area contributed by atoms with Gasteiger partial charge in [-0.1, -0.05) is 32.4 Å². The van der Waals surface area contributed by atoms with Crippen LogP contribution >= 0.6 is 0 Å². The Labute approximate surface area is 239 Å². The number of sulfonamides is 1. The molecule has 2 heterocycles. The van der Waals surface area contributed by atoms with Crippen molar-refractivity contribution in [1.29, 1.82) is 0 Å². The first-order valence-electron chi connectivity index (χ1n) is 13.3. The molecule has 2 aromatic carbocycles. The molecule has 0 saturated heterocycles. The predicted molar refractivity (Wildman–Crippen MR) is 156 cm³/mol. The smallest absolute Gasteiger partial charge is 0.277 e. The molecular formula is C29H37N5O6S. The van der Waals surface area contributed by atoms with Gasteiger partial charge in [0.05, 0.1) is 36.0 Å². The Hall–Kier alpha value is -3.74. The number of methoxy groups -OCH3 is 1. The molecule has 0 bridgehead atoms. The number of H-pyrrole nitrogens is 1. The minimum atomic E-state index is -4.05. The topological polar surface area (TPSA) is 148 Å². The second-order valence-electron chi connectivity index (χ2n) is 9.84. The minimum absolute atomic E-state index is 0. The number of rotatable bonds is 10. The van der Waals surface area contributed by atoms with Crippen LogP contribution in [-0.4, -0.2) is 53.4 Å². The highest BCUT2D eigenvalue weighted by Gasteiger charge is 2.26. The van der Waals surface area contributed by atoms with E-state index >= 15 is 0 Å². The van der Waals surface area contributed by atoms with Gasteiger partial charge in [-0.05, 0) is 62.6 Å². The molecule has 2 aromatic heterocycles. The lowest BCUT2D eigenvalue weighted by molar-refractivity contribution is 0.181. The number of aliphatic hydroxyl groups is 1. The van der Waals surface area contributed by atoms with Crippen molar-refractivity contribution in [2.24, 2.45) is 0 Å². The Morgan fingerprint density at radius 3 is 2.66 bits per heavy atom. The number of hydrogen-bond acceptors (Lipinski definition) is 8. The van der Waals surface area contributed by atoms with Crippen molar-refractivity contribution in [2.75, 3.05) is 20.3 Å². The minimum Gasteiger partial charge on any atom is -0.497 e. The number of benzene rings is 2. The van der Waals surface area contributed by atoms with Crippen molar-refractivity contribution in [1.82, 2.24) is 24.3 Å². The van der Waals surface area contributed by atoms with Crippen molar-refractivity contribution in [3.8, 4) is 22.9 Å². The molecule has 3 N–H and O–H groups in total. The summed E-state index contributed by atoms with van der Waals surface area (Å²) >= 11 is 0. The molecule has 1 aliphatic carbocycles. The van der Waals surface area contributed by atoms with Gasteiger partial charge >= 0.3 is 0 Å². The van der Waals surface area contributed by atoms with Crippen LogP contribution in [0.2, 0.25) is 0 Å². The highest BCUT2D eigenvalue weighted by molar-refractivity contribution is 7.89. The maximum Gasteiger partial charge on any atom is 0.277 e. The molecule has 220 valence electrons. The van der Waals surface area contributed by atoms with Gasteiger partial charge in [0.2, 0.25) is 10.0 Å². The molecular weight excluding hydrogens is 546 g/mol. The lowest BCUT2D eigenvalue weighted by atomic mass is 10.1. The zero-order valence-electron chi connectivity index (χ0n) is 22.7. The molecule has 1 saturated carbocycles. The summed E-state index contributed by atoms with van der Waals surface area (Å²) in [6.07, 6.45) is 3.07. The largest absolute Gasteiger partial charge is 0.497 e. The summed E-state index contributed by atoms with van der Waals surface area (Å²) in [4.78, 5) is 20.6. The molecule has 1 unspecified atom stereocenters. The number of hydrogen-bond donors (Lipinski definition) is 3. The van der Waals surface area contributed by atoms with Gasteiger partial charge in [-0.2, -0.15) is 0 Å². The Morgan fingerprint density at radius 2 is 1.95 bits per heavy atom. The maximum atomic E-state index is 13.3. The summed E-state index contributed by atoms with van der Waals surface area (Å²) in [5.74, 6) is 2.05. The zero-order chi connectivity index (χ0) is 28.4.